The van der Waals surface area contributed by atoms with Gasteiger partial charge in [0.2, 0.25) is 5.89 Å². The van der Waals surface area contributed by atoms with E-state index < -0.39 is 0 Å². The summed E-state index contributed by atoms with van der Waals surface area (Å²) >= 11 is 0. The second-order valence-electron chi connectivity index (χ2n) is 6.71. The molecule has 0 bridgehead atoms. The summed E-state index contributed by atoms with van der Waals surface area (Å²) in [7, 11) is 1.72. The molecule has 4 aromatic rings. The van der Waals surface area contributed by atoms with Gasteiger partial charge in [0.05, 0.1) is 23.3 Å². The summed E-state index contributed by atoms with van der Waals surface area (Å²) in [5.41, 5.74) is 2.68. The van der Waals surface area contributed by atoms with Crippen molar-refractivity contribution in [3.05, 3.63) is 65.8 Å². The van der Waals surface area contributed by atoms with Crippen molar-refractivity contribution in [1.29, 1.82) is 0 Å². The number of hydrogen-bond acceptors (Lipinski definition) is 7. The first kappa shape index (κ1) is 18.7. The number of rotatable bonds is 5. The molecule has 0 aliphatic rings. The topological polar surface area (TPSA) is 97.9 Å². The fourth-order valence-corrected chi connectivity index (χ4v) is 3.01. The van der Waals surface area contributed by atoms with Crippen LogP contribution in [0.1, 0.15) is 34.8 Å². The molecule has 0 radical (unpaired) electrons. The summed E-state index contributed by atoms with van der Waals surface area (Å²) in [5.74, 6) is 1.55. The maximum absolute atomic E-state index is 13.3. The molecule has 1 amide bonds. The molecule has 0 N–H and O–H groups in total. The Morgan fingerprint density at radius 2 is 1.90 bits per heavy atom. The van der Waals surface area contributed by atoms with Crippen LogP contribution < -0.4 is 0 Å². The quantitative estimate of drug-likeness (QED) is 0.518. The lowest BCUT2D eigenvalue weighted by molar-refractivity contribution is 0.0782. The summed E-state index contributed by atoms with van der Waals surface area (Å²) in [5, 5.41) is 4.71. The highest BCUT2D eigenvalue weighted by Gasteiger charge is 2.19. The number of carbonyl (C=O) groups is 1. The van der Waals surface area contributed by atoms with Gasteiger partial charge >= 0.3 is 0 Å². The molecule has 4 rings (SSSR count). The molecule has 0 aliphatic carbocycles. The lowest BCUT2D eigenvalue weighted by Gasteiger charge is -2.17. The van der Waals surface area contributed by atoms with E-state index in [0.717, 1.165) is 16.5 Å². The first-order valence-electron chi connectivity index (χ1n) is 9.31. The molecule has 0 saturated carbocycles. The minimum atomic E-state index is -0.152. The van der Waals surface area contributed by atoms with Gasteiger partial charge in [-0.3, -0.25) is 4.79 Å². The van der Waals surface area contributed by atoms with Crippen molar-refractivity contribution >= 4 is 16.8 Å². The second-order valence-corrected chi connectivity index (χ2v) is 6.71. The highest BCUT2D eigenvalue weighted by Crippen LogP contribution is 2.25. The van der Waals surface area contributed by atoms with E-state index in [0.29, 0.717) is 35.2 Å². The molecule has 146 valence electrons. The van der Waals surface area contributed by atoms with Crippen molar-refractivity contribution in [2.24, 2.45) is 0 Å². The van der Waals surface area contributed by atoms with E-state index >= 15 is 0 Å². The van der Waals surface area contributed by atoms with E-state index in [1.165, 1.54) is 0 Å². The number of fused-ring (bicyclic) bond motifs is 1. The summed E-state index contributed by atoms with van der Waals surface area (Å²) in [6.45, 7) is 4.01. The first-order valence-corrected chi connectivity index (χ1v) is 9.31. The van der Waals surface area contributed by atoms with E-state index in [1.807, 2.05) is 38.1 Å². The number of aromatic nitrogens is 5. The Bertz CT molecular complexity index is 1170. The van der Waals surface area contributed by atoms with Crippen LogP contribution in [0, 0.1) is 6.92 Å². The maximum Gasteiger partial charge on any atom is 0.254 e. The van der Waals surface area contributed by atoms with Gasteiger partial charge in [-0.1, -0.05) is 30.3 Å². The Balaban J connectivity index is 1.72. The Morgan fingerprint density at radius 3 is 2.62 bits per heavy atom. The fourth-order valence-electron chi connectivity index (χ4n) is 3.01. The van der Waals surface area contributed by atoms with Gasteiger partial charge in [0.1, 0.15) is 5.82 Å². The zero-order chi connectivity index (χ0) is 20.4. The van der Waals surface area contributed by atoms with Crippen molar-refractivity contribution < 1.29 is 9.32 Å². The third-order valence-electron chi connectivity index (χ3n) is 4.56. The summed E-state index contributed by atoms with van der Waals surface area (Å²) < 4.78 is 5.13. The van der Waals surface area contributed by atoms with Gasteiger partial charge in [-0.15, -0.1) is 0 Å². The summed E-state index contributed by atoms with van der Waals surface area (Å²) in [4.78, 5) is 32.3. The van der Waals surface area contributed by atoms with E-state index in [4.69, 9.17) is 4.52 Å². The van der Waals surface area contributed by atoms with Crippen LogP contribution in [-0.4, -0.2) is 42.9 Å². The molecule has 0 unspecified atom stereocenters. The average molecular weight is 388 g/mol. The van der Waals surface area contributed by atoms with Crippen LogP contribution >= 0.6 is 0 Å². The number of para-hydroxylation sites is 1. The number of benzene rings is 1. The largest absolute Gasteiger partial charge is 0.339 e. The van der Waals surface area contributed by atoms with E-state index in [-0.39, 0.29) is 12.5 Å². The van der Waals surface area contributed by atoms with Crippen LogP contribution in [0.15, 0.2) is 47.2 Å². The van der Waals surface area contributed by atoms with Gasteiger partial charge < -0.3 is 9.42 Å². The molecule has 8 nitrogen and oxygen atoms in total. The normalized spacial score (nSPS) is 11.0. The highest BCUT2D eigenvalue weighted by molar-refractivity contribution is 6.07. The van der Waals surface area contributed by atoms with Crippen molar-refractivity contribution in [3.63, 3.8) is 0 Å². The van der Waals surface area contributed by atoms with Gasteiger partial charge in [-0.25, -0.2) is 15.0 Å². The molecule has 0 saturated heterocycles. The predicted octanol–water partition coefficient (Wildman–Crippen LogP) is 3.22. The zero-order valence-electron chi connectivity index (χ0n) is 16.5. The maximum atomic E-state index is 13.3. The van der Waals surface area contributed by atoms with E-state index in [2.05, 4.69) is 25.1 Å². The molecule has 0 spiro atoms. The standard InChI is InChI=1S/C21H20N6O2/c1-4-20-25-19(26-29-20)12-27(3)21(28)16-9-18(14-10-22-13(2)23-11-14)24-17-8-6-5-7-15(16)17/h5-11H,4,12H2,1-3H3. The number of nitrogens with zero attached hydrogens (tertiary/aromatic N) is 6. The van der Waals surface area contributed by atoms with Crippen molar-refractivity contribution in [2.45, 2.75) is 26.8 Å². The number of carbonyl (C=O) groups excluding carboxylic acids is 1. The SMILES string of the molecule is CCc1nc(CN(C)C(=O)c2cc(-c3cnc(C)nc3)nc3ccccc23)no1. The molecule has 29 heavy (non-hydrogen) atoms. The van der Waals surface area contributed by atoms with Crippen LogP contribution in [0.5, 0.6) is 0 Å². The second kappa shape index (κ2) is 7.75. The van der Waals surface area contributed by atoms with Gasteiger partial charge in [0.25, 0.3) is 5.91 Å². The predicted molar refractivity (Wildman–Crippen MR) is 107 cm³/mol. The summed E-state index contributed by atoms with van der Waals surface area (Å²) in [6, 6.07) is 9.35. The smallest absolute Gasteiger partial charge is 0.254 e. The Hall–Kier alpha value is -3.68. The molecule has 3 aromatic heterocycles. The lowest BCUT2D eigenvalue weighted by atomic mass is 10.0. The molecule has 0 fully saturated rings. The zero-order valence-corrected chi connectivity index (χ0v) is 16.5. The van der Waals surface area contributed by atoms with Gasteiger partial charge in [0, 0.05) is 36.8 Å². The fraction of sp³-hybridized carbons (Fsp3) is 0.238. The van der Waals surface area contributed by atoms with Crippen LogP contribution in [0.3, 0.4) is 0 Å². The minimum Gasteiger partial charge on any atom is -0.339 e. The van der Waals surface area contributed by atoms with E-state index in [1.54, 1.807) is 30.4 Å². The molecule has 8 heteroatoms. The molecule has 3 heterocycles. The first-order chi connectivity index (χ1) is 14.0. The third kappa shape index (κ3) is 3.82. The van der Waals surface area contributed by atoms with Crippen LogP contribution in [-0.2, 0) is 13.0 Å². The van der Waals surface area contributed by atoms with Crippen molar-refractivity contribution in [3.8, 4) is 11.3 Å². The highest BCUT2D eigenvalue weighted by atomic mass is 16.5. The van der Waals surface area contributed by atoms with Gasteiger partial charge in [-0.05, 0) is 19.1 Å². The van der Waals surface area contributed by atoms with Crippen LogP contribution in [0.2, 0.25) is 0 Å². The average Bonchev–Trinajstić information content (AvgIpc) is 3.20. The molecular weight excluding hydrogens is 368 g/mol. The third-order valence-corrected chi connectivity index (χ3v) is 4.56. The van der Waals surface area contributed by atoms with Crippen molar-refractivity contribution in [2.75, 3.05) is 7.05 Å². The Labute approximate surface area is 167 Å². The molecular formula is C21H20N6O2. The van der Waals surface area contributed by atoms with Crippen molar-refractivity contribution in [1.82, 2.24) is 30.0 Å². The minimum absolute atomic E-state index is 0.152. The monoisotopic (exact) mass is 388 g/mol. The van der Waals surface area contributed by atoms with Crippen LogP contribution in [0.4, 0.5) is 0 Å². The summed E-state index contributed by atoms with van der Waals surface area (Å²) in [6.07, 6.45) is 4.08. The Morgan fingerprint density at radius 1 is 1.14 bits per heavy atom. The van der Waals surface area contributed by atoms with Gasteiger partial charge in [0.15, 0.2) is 5.82 Å². The molecule has 0 aliphatic heterocycles. The Kier molecular flexibility index (Phi) is 4.99. The van der Waals surface area contributed by atoms with Gasteiger partial charge in [-0.2, -0.15) is 4.98 Å². The number of aryl methyl sites for hydroxylation is 2. The molecule has 0 atom stereocenters. The number of amides is 1. The number of pyridine rings is 1. The van der Waals surface area contributed by atoms with Crippen LogP contribution in [0.25, 0.3) is 22.2 Å². The lowest BCUT2D eigenvalue weighted by Crippen LogP contribution is -2.27. The molecule has 1 aromatic carbocycles. The number of hydrogen-bond donors (Lipinski definition) is 0. The van der Waals surface area contributed by atoms with E-state index in [9.17, 15) is 4.79 Å².